The number of nitrogens with two attached hydrogens (primary N) is 2. The number of hydrogen-bond donors (Lipinski definition) is 3. The van der Waals surface area contributed by atoms with Gasteiger partial charge in [-0.3, -0.25) is 0 Å². The smallest absolute Gasteiger partial charge is 0.125 e. The quantitative estimate of drug-likeness (QED) is 0.444. The molecule has 0 saturated heterocycles. The van der Waals surface area contributed by atoms with Crippen LogP contribution in [-0.2, 0) is 0 Å². The number of imidazole rings is 1. The van der Waals surface area contributed by atoms with Crippen LogP contribution in [-0.4, -0.2) is 16.5 Å². The van der Waals surface area contributed by atoms with E-state index in [1.54, 1.807) is 0 Å². The first-order valence-electron chi connectivity index (χ1n) is 4.64. The number of halogens is 4. The molecule has 0 saturated carbocycles. The molecule has 17 heavy (non-hydrogen) atoms. The molecule has 2 rings (SSSR count). The van der Waals surface area contributed by atoms with E-state index in [4.69, 9.17) is 11.5 Å². The first-order chi connectivity index (χ1) is 7.97. The van der Waals surface area contributed by atoms with E-state index < -0.39 is 0 Å². The fraction of sp³-hybridized carbons (Fsp3) is 0.222. The maximum Gasteiger partial charge on any atom is 0.125 e. The van der Waals surface area contributed by atoms with Gasteiger partial charge in [0.25, 0.3) is 0 Å². The zero-order valence-electron chi connectivity index (χ0n) is 8.40. The molecule has 0 amide bonds. The van der Waals surface area contributed by atoms with Crippen molar-refractivity contribution in [1.29, 1.82) is 0 Å². The molecule has 0 aliphatic heterocycles. The van der Waals surface area contributed by atoms with Gasteiger partial charge in [-0.15, -0.1) is 0 Å². The van der Waals surface area contributed by atoms with E-state index in [1.165, 1.54) is 0 Å². The fourth-order valence-electron chi connectivity index (χ4n) is 1.40. The van der Waals surface area contributed by atoms with Gasteiger partial charge in [0.1, 0.15) is 11.3 Å². The molecule has 4 nitrogen and oxygen atoms in total. The lowest BCUT2D eigenvalue weighted by Crippen LogP contribution is -2.21. The SMILES string of the molecule is NCC(N)c1nc2c(Br)c(Br)c(Br)c(Br)c2[nH]1. The van der Waals surface area contributed by atoms with Crippen molar-refractivity contribution in [3.05, 3.63) is 23.7 Å². The molecule has 8 heteroatoms. The molecular weight excluding hydrogens is 484 g/mol. The van der Waals surface area contributed by atoms with Crippen LogP contribution in [0.25, 0.3) is 11.0 Å². The molecular formula is C9H8Br4N4. The Morgan fingerprint density at radius 2 is 1.65 bits per heavy atom. The Morgan fingerprint density at radius 3 is 2.24 bits per heavy atom. The molecule has 2 aromatic rings. The zero-order chi connectivity index (χ0) is 12.7. The molecule has 0 fully saturated rings. The predicted molar refractivity (Wildman–Crippen MR) is 82.9 cm³/mol. The van der Waals surface area contributed by atoms with Gasteiger partial charge in [-0.25, -0.2) is 4.98 Å². The third kappa shape index (κ3) is 2.35. The van der Waals surface area contributed by atoms with Crippen molar-refractivity contribution in [2.24, 2.45) is 11.5 Å². The molecule has 1 heterocycles. The summed E-state index contributed by atoms with van der Waals surface area (Å²) < 4.78 is 3.57. The largest absolute Gasteiger partial charge is 0.340 e. The van der Waals surface area contributed by atoms with E-state index in [-0.39, 0.29) is 6.04 Å². The standard InChI is InChI=1S/C9H8Br4N4/c10-3-4(11)6(13)8-7(5(3)12)16-9(17-8)2(15)1-14/h2H,1,14-15H2,(H,16,17). The Bertz CT molecular complexity index is 535. The monoisotopic (exact) mass is 488 g/mol. The predicted octanol–water partition coefficient (Wildman–Crippen LogP) is 3.57. The van der Waals surface area contributed by atoms with Gasteiger partial charge in [0, 0.05) is 15.5 Å². The average Bonchev–Trinajstić information content (AvgIpc) is 2.77. The Hall–Kier alpha value is 0.530. The van der Waals surface area contributed by atoms with Crippen LogP contribution in [0, 0.1) is 0 Å². The topological polar surface area (TPSA) is 80.7 Å². The van der Waals surface area contributed by atoms with Gasteiger partial charge in [0.05, 0.1) is 20.5 Å². The number of nitrogens with zero attached hydrogens (tertiary/aromatic N) is 1. The molecule has 92 valence electrons. The third-order valence-electron chi connectivity index (χ3n) is 2.33. The van der Waals surface area contributed by atoms with Crippen LogP contribution in [0.15, 0.2) is 17.9 Å². The van der Waals surface area contributed by atoms with Crippen LogP contribution >= 0.6 is 63.7 Å². The summed E-state index contributed by atoms with van der Waals surface area (Å²) in [6.45, 7) is 0.345. The molecule has 0 spiro atoms. The van der Waals surface area contributed by atoms with Crippen LogP contribution < -0.4 is 11.5 Å². The number of rotatable bonds is 2. The number of H-pyrrole nitrogens is 1. The van der Waals surface area contributed by atoms with Crippen LogP contribution in [0.4, 0.5) is 0 Å². The van der Waals surface area contributed by atoms with Crippen molar-refractivity contribution in [2.45, 2.75) is 6.04 Å². The van der Waals surface area contributed by atoms with Gasteiger partial charge in [-0.2, -0.15) is 0 Å². The summed E-state index contributed by atoms with van der Waals surface area (Å²) in [5.41, 5.74) is 13.1. The molecule has 0 bridgehead atoms. The minimum absolute atomic E-state index is 0.293. The van der Waals surface area contributed by atoms with Crippen LogP contribution in [0.2, 0.25) is 0 Å². The molecule has 5 N–H and O–H groups in total. The normalized spacial score (nSPS) is 13.3. The lowest BCUT2D eigenvalue weighted by Gasteiger charge is -2.03. The van der Waals surface area contributed by atoms with Crippen molar-refractivity contribution in [3.63, 3.8) is 0 Å². The van der Waals surface area contributed by atoms with E-state index in [0.717, 1.165) is 28.9 Å². The molecule has 0 aliphatic rings. The second-order valence-electron chi connectivity index (χ2n) is 3.44. The third-order valence-corrected chi connectivity index (χ3v) is 7.08. The second kappa shape index (κ2) is 5.26. The number of aromatic nitrogens is 2. The molecule has 1 unspecified atom stereocenters. The first-order valence-corrected chi connectivity index (χ1v) is 7.81. The Kier molecular flexibility index (Phi) is 4.32. The number of hydrogen-bond acceptors (Lipinski definition) is 3. The summed E-state index contributed by atoms with van der Waals surface area (Å²) in [5, 5.41) is 0. The molecule has 1 atom stereocenters. The minimum atomic E-state index is -0.293. The van der Waals surface area contributed by atoms with Crippen molar-refractivity contribution in [2.75, 3.05) is 6.54 Å². The second-order valence-corrected chi connectivity index (χ2v) is 6.62. The van der Waals surface area contributed by atoms with E-state index >= 15 is 0 Å². The lowest BCUT2D eigenvalue weighted by molar-refractivity contribution is 0.695. The number of aromatic amines is 1. The van der Waals surface area contributed by atoms with E-state index in [9.17, 15) is 0 Å². The lowest BCUT2D eigenvalue weighted by atomic mass is 10.3. The van der Waals surface area contributed by atoms with Crippen molar-refractivity contribution >= 4 is 74.8 Å². The summed E-state index contributed by atoms with van der Waals surface area (Å²) in [5.74, 6) is 0.675. The van der Waals surface area contributed by atoms with Crippen LogP contribution in [0.1, 0.15) is 11.9 Å². The summed E-state index contributed by atoms with van der Waals surface area (Å²) in [6, 6.07) is -0.293. The highest BCUT2D eigenvalue weighted by Crippen LogP contribution is 2.42. The first kappa shape index (κ1) is 14.0. The van der Waals surface area contributed by atoms with Gasteiger partial charge in [0.2, 0.25) is 0 Å². The van der Waals surface area contributed by atoms with Gasteiger partial charge in [0.15, 0.2) is 0 Å². The Morgan fingerprint density at radius 1 is 1.06 bits per heavy atom. The van der Waals surface area contributed by atoms with Crippen molar-refractivity contribution in [1.82, 2.24) is 9.97 Å². The molecule has 0 radical (unpaired) electrons. The Balaban J connectivity index is 2.77. The number of fused-ring (bicyclic) bond motifs is 1. The van der Waals surface area contributed by atoms with Gasteiger partial charge in [-0.05, 0) is 63.7 Å². The van der Waals surface area contributed by atoms with E-state index in [2.05, 4.69) is 73.7 Å². The molecule has 1 aromatic heterocycles. The molecule has 0 aliphatic carbocycles. The number of benzene rings is 1. The van der Waals surface area contributed by atoms with Crippen molar-refractivity contribution in [3.8, 4) is 0 Å². The van der Waals surface area contributed by atoms with Gasteiger partial charge in [-0.1, -0.05) is 0 Å². The summed E-state index contributed by atoms with van der Waals surface area (Å²) in [7, 11) is 0. The highest BCUT2D eigenvalue weighted by atomic mass is 79.9. The Labute approximate surface area is 131 Å². The summed E-state index contributed by atoms with van der Waals surface area (Å²) >= 11 is 14.0. The zero-order valence-corrected chi connectivity index (χ0v) is 14.7. The van der Waals surface area contributed by atoms with Gasteiger partial charge >= 0.3 is 0 Å². The maximum atomic E-state index is 5.86. The van der Waals surface area contributed by atoms with Crippen molar-refractivity contribution < 1.29 is 0 Å². The van der Waals surface area contributed by atoms with E-state index in [1.807, 2.05) is 0 Å². The summed E-state index contributed by atoms with van der Waals surface area (Å²) in [6.07, 6.45) is 0. The number of nitrogens with one attached hydrogen (secondary N) is 1. The minimum Gasteiger partial charge on any atom is -0.340 e. The fourth-order valence-corrected chi connectivity index (χ4v) is 3.69. The highest BCUT2D eigenvalue weighted by molar-refractivity contribution is 9.15. The van der Waals surface area contributed by atoms with E-state index in [0.29, 0.717) is 12.4 Å². The van der Waals surface area contributed by atoms with Crippen LogP contribution in [0.5, 0.6) is 0 Å². The average molecular weight is 492 g/mol. The van der Waals surface area contributed by atoms with Gasteiger partial charge < -0.3 is 16.5 Å². The maximum absolute atomic E-state index is 5.86. The highest BCUT2D eigenvalue weighted by Gasteiger charge is 2.18. The summed E-state index contributed by atoms with van der Waals surface area (Å²) in [4.78, 5) is 7.64. The molecule has 1 aromatic carbocycles. The van der Waals surface area contributed by atoms with Crippen LogP contribution in [0.3, 0.4) is 0 Å².